The van der Waals surface area contributed by atoms with Gasteiger partial charge in [-0.3, -0.25) is 0 Å². The van der Waals surface area contributed by atoms with E-state index in [-0.39, 0.29) is 5.75 Å². The number of aromatic hydroxyl groups is 1. The molecule has 2 nitrogen and oxygen atoms in total. The average Bonchev–Trinajstić information content (AvgIpc) is 2.31. The zero-order valence-electron chi connectivity index (χ0n) is 9.18. The molecule has 0 heterocycles. The van der Waals surface area contributed by atoms with Gasteiger partial charge in [0.05, 0.1) is 6.61 Å². The third-order valence-electron chi connectivity index (χ3n) is 2.35. The first-order valence-corrected chi connectivity index (χ1v) is 5.32. The largest absolute Gasteiger partial charge is 0.508 e. The van der Waals surface area contributed by atoms with Crippen LogP contribution in [0.3, 0.4) is 0 Å². The fourth-order valence-corrected chi connectivity index (χ4v) is 1.59. The smallest absolute Gasteiger partial charge is 0.119 e. The van der Waals surface area contributed by atoms with E-state index in [1.807, 2.05) is 43.3 Å². The van der Waals surface area contributed by atoms with Crippen molar-refractivity contribution in [2.24, 2.45) is 0 Å². The van der Waals surface area contributed by atoms with Gasteiger partial charge in [-0.25, -0.2) is 0 Å². The maximum atomic E-state index is 9.22. The van der Waals surface area contributed by atoms with Gasteiger partial charge in [-0.15, -0.1) is 0 Å². The Morgan fingerprint density at radius 2 is 1.75 bits per heavy atom. The molecule has 0 aromatic heterocycles. The molecule has 0 radical (unpaired) electrons. The predicted molar refractivity (Wildman–Crippen MR) is 64.7 cm³/mol. The molecule has 16 heavy (non-hydrogen) atoms. The number of ether oxygens (including phenoxy) is 1. The van der Waals surface area contributed by atoms with Gasteiger partial charge in [0.1, 0.15) is 11.5 Å². The summed E-state index contributed by atoms with van der Waals surface area (Å²) in [6.07, 6.45) is 0. The van der Waals surface area contributed by atoms with Crippen molar-refractivity contribution in [3.8, 4) is 22.6 Å². The third-order valence-corrected chi connectivity index (χ3v) is 2.35. The summed E-state index contributed by atoms with van der Waals surface area (Å²) < 4.78 is 5.44. The minimum absolute atomic E-state index is 0.282. The van der Waals surface area contributed by atoms with Gasteiger partial charge < -0.3 is 9.84 Å². The van der Waals surface area contributed by atoms with E-state index in [1.165, 1.54) is 0 Å². The van der Waals surface area contributed by atoms with Crippen LogP contribution in [0.1, 0.15) is 6.92 Å². The summed E-state index contributed by atoms with van der Waals surface area (Å²) in [7, 11) is 0. The molecule has 2 aromatic rings. The Balaban J connectivity index is 2.32. The second-order valence-corrected chi connectivity index (χ2v) is 3.51. The quantitative estimate of drug-likeness (QED) is 0.847. The molecule has 0 bridgehead atoms. The predicted octanol–water partition coefficient (Wildman–Crippen LogP) is 3.46. The molecule has 0 aliphatic carbocycles. The van der Waals surface area contributed by atoms with Crippen LogP contribution in [-0.4, -0.2) is 11.7 Å². The van der Waals surface area contributed by atoms with E-state index < -0.39 is 0 Å². The van der Waals surface area contributed by atoms with Crippen molar-refractivity contribution in [3.05, 3.63) is 48.5 Å². The van der Waals surface area contributed by atoms with Gasteiger partial charge in [0.25, 0.3) is 0 Å². The Kier molecular flexibility index (Phi) is 3.10. The van der Waals surface area contributed by atoms with Crippen LogP contribution >= 0.6 is 0 Å². The van der Waals surface area contributed by atoms with Gasteiger partial charge in [-0.2, -0.15) is 0 Å². The molecule has 0 saturated heterocycles. The highest BCUT2D eigenvalue weighted by atomic mass is 16.5. The summed E-state index contributed by atoms with van der Waals surface area (Å²) in [6, 6.07) is 15.1. The third kappa shape index (κ3) is 2.34. The highest BCUT2D eigenvalue weighted by Crippen LogP contribution is 2.25. The van der Waals surface area contributed by atoms with E-state index in [0.29, 0.717) is 6.61 Å². The van der Waals surface area contributed by atoms with Gasteiger partial charge in [0.15, 0.2) is 0 Å². The molecule has 0 saturated carbocycles. The van der Waals surface area contributed by atoms with Crippen molar-refractivity contribution in [2.45, 2.75) is 6.92 Å². The molecular weight excluding hydrogens is 200 g/mol. The standard InChI is InChI=1S/C14H14O2/c1-2-16-14-5-3-4-12(10-14)11-6-8-13(15)9-7-11/h3-10,15H,2H2,1H3. The Morgan fingerprint density at radius 1 is 1.00 bits per heavy atom. The highest BCUT2D eigenvalue weighted by molar-refractivity contribution is 5.65. The van der Waals surface area contributed by atoms with E-state index >= 15 is 0 Å². The van der Waals surface area contributed by atoms with E-state index in [2.05, 4.69) is 0 Å². The summed E-state index contributed by atoms with van der Waals surface area (Å²) in [5.74, 6) is 1.15. The van der Waals surface area contributed by atoms with Crippen LogP contribution in [0.5, 0.6) is 11.5 Å². The Morgan fingerprint density at radius 3 is 2.44 bits per heavy atom. The molecule has 2 aromatic carbocycles. The van der Waals surface area contributed by atoms with Crippen LogP contribution in [0.25, 0.3) is 11.1 Å². The molecule has 2 heteroatoms. The number of benzene rings is 2. The molecule has 0 aliphatic rings. The molecule has 2 rings (SSSR count). The lowest BCUT2D eigenvalue weighted by atomic mass is 10.1. The first kappa shape index (κ1) is 10.6. The molecule has 0 spiro atoms. The second kappa shape index (κ2) is 4.71. The lowest BCUT2D eigenvalue weighted by Gasteiger charge is -2.06. The minimum Gasteiger partial charge on any atom is -0.508 e. The molecule has 0 unspecified atom stereocenters. The van der Waals surface area contributed by atoms with Crippen molar-refractivity contribution in [2.75, 3.05) is 6.61 Å². The molecule has 0 amide bonds. The van der Waals surface area contributed by atoms with Crippen molar-refractivity contribution in [1.82, 2.24) is 0 Å². The fraction of sp³-hybridized carbons (Fsp3) is 0.143. The maximum absolute atomic E-state index is 9.22. The number of hydrogen-bond acceptors (Lipinski definition) is 2. The lowest BCUT2D eigenvalue weighted by Crippen LogP contribution is -1.91. The van der Waals surface area contributed by atoms with Gasteiger partial charge in [0, 0.05) is 0 Å². The number of phenolic OH excluding ortho intramolecular Hbond substituents is 1. The van der Waals surface area contributed by atoms with Crippen molar-refractivity contribution in [3.63, 3.8) is 0 Å². The molecule has 82 valence electrons. The first-order valence-electron chi connectivity index (χ1n) is 5.32. The molecule has 0 fully saturated rings. The fourth-order valence-electron chi connectivity index (χ4n) is 1.59. The van der Waals surface area contributed by atoms with Gasteiger partial charge in [-0.1, -0.05) is 24.3 Å². The maximum Gasteiger partial charge on any atom is 0.119 e. The Labute approximate surface area is 95.1 Å². The molecule has 1 N–H and O–H groups in total. The number of phenols is 1. The number of hydrogen-bond donors (Lipinski definition) is 1. The van der Waals surface area contributed by atoms with Crippen LogP contribution in [0.2, 0.25) is 0 Å². The number of rotatable bonds is 3. The SMILES string of the molecule is CCOc1cccc(-c2ccc(O)cc2)c1. The second-order valence-electron chi connectivity index (χ2n) is 3.51. The summed E-state index contributed by atoms with van der Waals surface area (Å²) in [4.78, 5) is 0. The molecule has 0 atom stereocenters. The van der Waals surface area contributed by atoms with Gasteiger partial charge >= 0.3 is 0 Å². The summed E-state index contributed by atoms with van der Waals surface area (Å²) in [6.45, 7) is 2.63. The van der Waals surface area contributed by atoms with Crippen LogP contribution < -0.4 is 4.74 Å². The first-order chi connectivity index (χ1) is 7.79. The highest BCUT2D eigenvalue weighted by Gasteiger charge is 1.99. The Hall–Kier alpha value is -1.96. The zero-order chi connectivity index (χ0) is 11.4. The normalized spacial score (nSPS) is 10.1. The lowest BCUT2D eigenvalue weighted by molar-refractivity contribution is 0.340. The van der Waals surface area contributed by atoms with E-state index in [9.17, 15) is 5.11 Å². The Bertz CT molecular complexity index is 460. The van der Waals surface area contributed by atoms with Gasteiger partial charge in [-0.05, 0) is 42.3 Å². The van der Waals surface area contributed by atoms with E-state index in [0.717, 1.165) is 16.9 Å². The summed E-state index contributed by atoms with van der Waals surface area (Å²) in [5, 5.41) is 9.22. The van der Waals surface area contributed by atoms with Crippen LogP contribution in [0, 0.1) is 0 Å². The van der Waals surface area contributed by atoms with Crippen LogP contribution in [0.15, 0.2) is 48.5 Å². The van der Waals surface area contributed by atoms with Crippen molar-refractivity contribution >= 4 is 0 Å². The van der Waals surface area contributed by atoms with Crippen molar-refractivity contribution in [1.29, 1.82) is 0 Å². The van der Waals surface area contributed by atoms with Crippen molar-refractivity contribution < 1.29 is 9.84 Å². The van der Waals surface area contributed by atoms with Crippen LogP contribution in [-0.2, 0) is 0 Å². The topological polar surface area (TPSA) is 29.5 Å². The zero-order valence-corrected chi connectivity index (χ0v) is 9.18. The van der Waals surface area contributed by atoms with Crippen LogP contribution in [0.4, 0.5) is 0 Å². The molecular formula is C14H14O2. The minimum atomic E-state index is 0.282. The summed E-state index contributed by atoms with van der Waals surface area (Å²) >= 11 is 0. The monoisotopic (exact) mass is 214 g/mol. The summed E-state index contributed by atoms with van der Waals surface area (Å²) in [5.41, 5.74) is 2.16. The average molecular weight is 214 g/mol. The van der Waals surface area contributed by atoms with E-state index in [4.69, 9.17) is 4.74 Å². The molecule has 0 aliphatic heterocycles. The van der Waals surface area contributed by atoms with Gasteiger partial charge in [0.2, 0.25) is 0 Å². The van der Waals surface area contributed by atoms with E-state index in [1.54, 1.807) is 12.1 Å².